The van der Waals surface area contributed by atoms with E-state index in [2.05, 4.69) is 0 Å². The van der Waals surface area contributed by atoms with Crippen molar-refractivity contribution in [1.82, 2.24) is 0 Å². The van der Waals surface area contributed by atoms with Crippen molar-refractivity contribution in [1.29, 1.82) is 0 Å². The van der Waals surface area contributed by atoms with E-state index in [1.54, 1.807) is 13.8 Å². The molecule has 0 rings (SSSR count). The third-order valence-corrected chi connectivity index (χ3v) is 3.68. The van der Waals surface area contributed by atoms with Crippen molar-refractivity contribution in [3.63, 3.8) is 0 Å². The van der Waals surface area contributed by atoms with Crippen molar-refractivity contribution >= 4 is 13.1 Å². The first-order valence-electron chi connectivity index (χ1n) is 5.03. The zero-order valence-corrected chi connectivity index (χ0v) is 10.0. The molecule has 0 heterocycles. The Labute approximate surface area is 85.5 Å². The Kier molecular flexibility index (Phi) is 7.06. The summed E-state index contributed by atoms with van der Waals surface area (Å²) in [5.74, 6) is 0. The summed E-state index contributed by atoms with van der Waals surface area (Å²) in [5, 5.41) is 0. The number of carbonyl (C=O) groups excluding carboxylic acids is 1. The van der Waals surface area contributed by atoms with Crippen molar-refractivity contribution in [3.05, 3.63) is 0 Å². The van der Waals surface area contributed by atoms with Crippen LogP contribution in [0.3, 0.4) is 0 Å². The maximum absolute atomic E-state index is 11.8. The van der Waals surface area contributed by atoms with Gasteiger partial charge in [-0.15, -0.1) is 0 Å². The summed E-state index contributed by atoms with van der Waals surface area (Å²) in [7, 11) is -3.48. The van der Waals surface area contributed by atoms with Gasteiger partial charge >= 0.3 is 7.60 Å². The Balaban J connectivity index is 4.31. The van der Waals surface area contributed by atoms with Crippen molar-refractivity contribution in [2.45, 2.75) is 40.0 Å². The number of carbonyl (C=O) groups is 1. The molecule has 0 aromatic heterocycles. The first-order valence-corrected chi connectivity index (χ1v) is 6.57. The van der Waals surface area contributed by atoms with Crippen LogP contribution in [0.1, 0.15) is 40.0 Å². The third kappa shape index (κ3) is 4.36. The monoisotopic (exact) mass is 222 g/mol. The minimum Gasteiger partial charge on any atom is -0.303 e. The minimum atomic E-state index is -3.48. The van der Waals surface area contributed by atoms with Gasteiger partial charge in [0.25, 0.3) is 0 Å². The molecule has 0 aliphatic carbocycles. The minimum absolute atomic E-state index is 0.231. The van der Waals surface area contributed by atoms with Crippen LogP contribution in [-0.2, 0) is 18.4 Å². The molecule has 14 heavy (non-hydrogen) atoms. The van der Waals surface area contributed by atoms with E-state index in [0.29, 0.717) is 0 Å². The quantitative estimate of drug-likeness (QED) is 0.592. The molecule has 0 radical (unpaired) electrons. The summed E-state index contributed by atoms with van der Waals surface area (Å²) in [4.78, 5) is 11.5. The van der Waals surface area contributed by atoms with Gasteiger partial charge in [-0.2, -0.15) is 0 Å². The van der Waals surface area contributed by atoms with E-state index in [9.17, 15) is 9.36 Å². The molecule has 0 atom stereocenters. The predicted molar refractivity (Wildman–Crippen MR) is 55.4 cm³/mol. The summed E-state index contributed by atoms with van der Waals surface area (Å²) in [6, 6.07) is 0. The molecule has 0 unspecified atom stereocenters. The van der Waals surface area contributed by atoms with Crippen LogP contribution in [-0.4, -0.2) is 18.7 Å². The summed E-state index contributed by atoms with van der Waals surface area (Å²) >= 11 is 0. The van der Waals surface area contributed by atoms with Crippen LogP contribution < -0.4 is 0 Å². The van der Waals surface area contributed by atoms with Gasteiger partial charge in [0.1, 0.15) is 0 Å². The maximum atomic E-state index is 11.8. The number of hydrogen-bond donors (Lipinski definition) is 0. The Morgan fingerprint density at radius 1 is 1.14 bits per heavy atom. The lowest BCUT2D eigenvalue weighted by atomic mass is 10.3. The van der Waals surface area contributed by atoms with E-state index in [4.69, 9.17) is 9.05 Å². The fourth-order valence-electron chi connectivity index (χ4n) is 0.986. The van der Waals surface area contributed by atoms with Crippen LogP contribution >= 0.6 is 7.60 Å². The molecule has 0 saturated heterocycles. The normalized spacial score (nSPS) is 11.6. The van der Waals surface area contributed by atoms with E-state index >= 15 is 0 Å². The molecule has 0 bridgehead atoms. The zero-order chi connectivity index (χ0) is 11.0. The fourth-order valence-corrected chi connectivity index (χ4v) is 2.46. The summed E-state index contributed by atoms with van der Waals surface area (Å²) < 4.78 is 21.7. The molecule has 0 aromatic carbocycles. The van der Waals surface area contributed by atoms with E-state index in [0.717, 1.165) is 12.8 Å². The molecular formula is C9H19O4P. The average molecular weight is 222 g/mol. The molecular weight excluding hydrogens is 203 g/mol. The Hall–Kier alpha value is -0.180. The van der Waals surface area contributed by atoms with Crippen molar-refractivity contribution < 1.29 is 18.4 Å². The van der Waals surface area contributed by atoms with Gasteiger partial charge in [0, 0.05) is 6.42 Å². The first-order chi connectivity index (χ1) is 6.60. The summed E-state index contributed by atoms with van der Waals surface area (Å²) in [6.07, 6.45) is 1.89. The van der Waals surface area contributed by atoms with Crippen LogP contribution in [0.2, 0.25) is 0 Å². The largest absolute Gasteiger partial charge is 0.396 e. The Bertz CT molecular complexity index is 205. The van der Waals surface area contributed by atoms with Crippen molar-refractivity contribution in [2.75, 3.05) is 13.2 Å². The molecule has 0 N–H and O–H groups in total. The van der Waals surface area contributed by atoms with E-state index in [-0.39, 0.29) is 19.6 Å². The number of rotatable bonds is 8. The average Bonchev–Trinajstić information content (AvgIpc) is 2.15. The highest BCUT2D eigenvalue weighted by atomic mass is 31.2. The topological polar surface area (TPSA) is 52.6 Å². The highest BCUT2D eigenvalue weighted by molar-refractivity contribution is 7.71. The maximum Gasteiger partial charge on any atom is 0.396 e. The standard InChI is InChI=1S/C9H19O4P/c1-4-7-8-9(10)14(11,12-5-2)13-6-3/h4-8H2,1-3H3. The molecule has 84 valence electrons. The second-order valence-corrected chi connectivity index (χ2v) is 4.84. The first kappa shape index (κ1) is 13.8. The molecule has 0 saturated carbocycles. The van der Waals surface area contributed by atoms with Gasteiger partial charge in [-0.3, -0.25) is 9.36 Å². The van der Waals surface area contributed by atoms with Gasteiger partial charge in [-0.1, -0.05) is 13.3 Å². The predicted octanol–water partition coefficient (Wildman–Crippen LogP) is 2.97. The smallest absolute Gasteiger partial charge is 0.303 e. The molecule has 0 aromatic rings. The Morgan fingerprint density at radius 2 is 1.64 bits per heavy atom. The lowest BCUT2D eigenvalue weighted by Crippen LogP contribution is -2.06. The SMILES string of the molecule is CCCCC(=O)P(=O)(OCC)OCC. The lowest BCUT2D eigenvalue weighted by Gasteiger charge is -2.14. The second kappa shape index (κ2) is 7.16. The third-order valence-electron chi connectivity index (χ3n) is 1.65. The molecule has 0 spiro atoms. The summed E-state index contributed by atoms with van der Waals surface area (Å²) in [6.45, 7) is 5.82. The van der Waals surface area contributed by atoms with Crippen LogP contribution in [0.25, 0.3) is 0 Å². The highest BCUT2D eigenvalue weighted by Gasteiger charge is 2.32. The van der Waals surface area contributed by atoms with Gasteiger partial charge in [0.05, 0.1) is 13.2 Å². The number of hydrogen-bond acceptors (Lipinski definition) is 4. The van der Waals surface area contributed by atoms with Crippen LogP contribution in [0.15, 0.2) is 0 Å². The van der Waals surface area contributed by atoms with Crippen LogP contribution in [0.4, 0.5) is 0 Å². The van der Waals surface area contributed by atoms with Crippen LogP contribution in [0, 0.1) is 0 Å². The fraction of sp³-hybridized carbons (Fsp3) is 0.889. The van der Waals surface area contributed by atoms with Gasteiger partial charge in [0.2, 0.25) is 5.52 Å². The summed E-state index contributed by atoms with van der Waals surface area (Å²) in [5.41, 5.74) is -0.400. The van der Waals surface area contributed by atoms with Gasteiger partial charge in [-0.05, 0) is 20.3 Å². The van der Waals surface area contributed by atoms with E-state index < -0.39 is 13.1 Å². The molecule has 0 fully saturated rings. The number of unbranched alkanes of at least 4 members (excludes halogenated alkanes) is 1. The lowest BCUT2D eigenvalue weighted by molar-refractivity contribution is -0.114. The molecule has 0 amide bonds. The molecule has 5 heteroatoms. The van der Waals surface area contributed by atoms with E-state index in [1.807, 2.05) is 6.92 Å². The zero-order valence-electron chi connectivity index (χ0n) is 9.12. The van der Waals surface area contributed by atoms with Crippen LogP contribution in [0.5, 0.6) is 0 Å². The van der Waals surface area contributed by atoms with Gasteiger partial charge in [0.15, 0.2) is 0 Å². The van der Waals surface area contributed by atoms with Crippen molar-refractivity contribution in [3.8, 4) is 0 Å². The molecule has 4 nitrogen and oxygen atoms in total. The second-order valence-electron chi connectivity index (χ2n) is 2.83. The van der Waals surface area contributed by atoms with Crippen molar-refractivity contribution in [2.24, 2.45) is 0 Å². The van der Waals surface area contributed by atoms with E-state index in [1.165, 1.54) is 0 Å². The molecule has 0 aliphatic heterocycles. The Morgan fingerprint density at radius 3 is 2.00 bits per heavy atom. The molecule has 0 aliphatic rings. The van der Waals surface area contributed by atoms with Gasteiger partial charge in [-0.25, -0.2) is 0 Å². The van der Waals surface area contributed by atoms with Gasteiger partial charge < -0.3 is 9.05 Å². The highest BCUT2D eigenvalue weighted by Crippen LogP contribution is 2.50.